The largest absolute Gasteiger partial charge is 0.462 e. The minimum Gasteiger partial charge on any atom is -0.462 e. The Morgan fingerprint density at radius 2 is 0.565 bits per heavy atom. The fraction of sp³-hybridized carbons (Fsp3) is 0.635. The van der Waals surface area contributed by atoms with Crippen molar-refractivity contribution in [3.05, 3.63) is 122 Å². The van der Waals surface area contributed by atoms with Gasteiger partial charge in [-0.25, -0.2) is 0 Å². The molecule has 6 heteroatoms. The molecule has 1 atom stereocenters. The molecule has 0 aliphatic carbocycles. The van der Waals surface area contributed by atoms with Gasteiger partial charge in [0.05, 0.1) is 0 Å². The summed E-state index contributed by atoms with van der Waals surface area (Å²) >= 11 is 0. The standard InChI is InChI=1S/C63H102O6/c1-4-7-10-13-15-17-19-21-23-25-27-29-30-31-32-34-35-37-39-41-43-45-47-50-53-56-62(65)68-59-60(58-67-61(64)55-52-49-12-9-6-3)69-63(66)57-54-51-48-46-44-42-40-38-36-33-28-26-24-22-20-18-16-14-11-8-5-2/h7-8,10-11,15-18,21-24,27-29,31-33,35,37,60H,4-6,9,12-14,19-20,25-26,30,34,36,38-59H2,1-3H3/b10-7-,11-8-,17-15-,18-16-,23-21-,24-22-,29-27-,32-31-,33-28-,37-35-. The minimum absolute atomic E-state index is 0.0896. The molecule has 6 nitrogen and oxygen atoms in total. The van der Waals surface area contributed by atoms with Crippen molar-refractivity contribution in [3.8, 4) is 0 Å². The molecule has 0 fully saturated rings. The summed E-state index contributed by atoms with van der Waals surface area (Å²) in [5.74, 6) is -0.931. The van der Waals surface area contributed by atoms with Crippen LogP contribution in [0.4, 0.5) is 0 Å². The SMILES string of the molecule is CC/C=C\C/C=C\C/C=C\C/C=C\C/C=C\C/C=C\CCCCCCCCC(=O)OCC(COC(=O)CCCCCCC)OC(=O)CCCCCCCCCC/C=C\C/C=C\C/C=C\C/C=C\CC. The molecule has 0 N–H and O–H groups in total. The van der Waals surface area contributed by atoms with Crippen molar-refractivity contribution in [1.82, 2.24) is 0 Å². The summed E-state index contributed by atoms with van der Waals surface area (Å²) < 4.78 is 16.7. The molecule has 1 unspecified atom stereocenters. The molecule has 0 aliphatic rings. The van der Waals surface area contributed by atoms with E-state index in [1.807, 2.05) is 0 Å². The number of hydrogen-bond donors (Lipinski definition) is 0. The second-order valence-electron chi connectivity index (χ2n) is 18.1. The Morgan fingerprint density at radius 3 is 0.884 bits per heavy atom. The molecule has 0 bridgehead atoms. The van der Waals surface area contributed by atoms with Gasteiger partial charge >= 0.3 is 17.9 Å². The predicted molar refractivity (Wildman–Crippen MR) is 297 cm³/mol. The van der Waals surface area contributed by atoms with E-state index in [-0.39, 0.29) is 31.1 Å². The lowest BCUT2D eigenvalue weighted by Gasteiger charge is -2.18. The molecule has 69 heavy (non-hydrogen) atoms. The average molecular weight is 956 g/mol. The second kappa shape index (κ2) is 56.4. The molecular weight excluding hydrogens is 853 g/mol. The Morgan fingerprint density at radius 1 is 0.304 bits per heavy atom. The van der Waals surface area contributed by atoms with Gasteiger partial charge in [-0.1, -0.05) is 232 Å². The van der Waals surface area contributed by atoms with Gasteiger partial charge < -0.3 is 14.2 Å². The maximum absolute atomic E-state index is 12.8. The van der Waals surface area contributed by atoms with E-state index in [0.717, 1.165) is 154 Å². The zero-order chi connectivity index (χ0) is 50.0. The molecule has 0 aromatic carbocycles. The van der Waals surface area contributed by atoms with Crippen LogP contribution in [0.25, 0.3) is 0 Å². The second-order valence-corrected chi connectivity index (χ2v) is 18.1. The van der Waals surface area contributed by atoms with E-state index in [4.69, 9.17) is 14.2 Å². The van der Waals surface area contributed by atoms with E-state index in [0.29, 0.717) is 19.3 Å². The first-order valence-electron chi connectivity index (χ1n) is 28.0. The Hall–Kier alpha value is -4.19. The van der Waals surface area contributed by atoms with Crippen LogP contribution in [0, 0.1) is 0 Å². The number of esters is 3. The van der Waals surface area contributed by atoms with Crippen LogP contribution >= 0.6 is 0 Å². The van der Waals surface area contributed by atoms with E-state index in [1.165, 1.54) is 44.9 Å². The molecule has 0 spiro atoms. The van der Waals surface area contributed by atoms with Gasteiger partial charge in [0.1, 0.15) is 13.2 Å². The highest BCUT2D eigenvalue weighted by Gasteiger charge is 2.19. The molecule has 0 amide bonds. The maximum Gasteiger partial charge on any atom is 0.306 e. The van der Waals surface area contributed by atoms with Crippen LogP contribution in [-0.4, -0.2) is 37.2 Å². The summed E-state index contributed by atoms with van der Waals surface area (Å²) in [5, 5.41) is 0. The molecule has 390 valence electrons. The molecule has 0 saturated heterocycles. The van der Waals surface area contributed by atoms with Crippen molar-refractivity contribution in [1.29, 1.82) is 0 Å². The number of unbranched alkanes of at least 4 members (excludes halogenated alkanes) is 18. The topological polar surface area (TPSA) is 78.9 Å². The highest BCUT2D eigenvalue weighted by molar-refractivity contribution is 5.71. The van der Waals surface area contributed by atoms with Crippen LogP contribution in [0.1, 0.15) is 239 Å². The van der Waals surface area contributed by atoms with Gasteiger partial charge in [0.25, 0.3) is 0 Å². The maximum atomic E-state index is 12.8. The lowest BCUT2D eigenvalue weighted by molar-refractivity contribution is -0.167. The summed E-state index contributed by atoms with van der Waals surface area (Å²) in [7, 11) is 0. The average Bonchev–Trinajstić information content (AvgIpc) is 3.35. The van der Waals surface area contributed by atoms with Crippen molar-refractivity contribution in [3.63, 3.8) is 0 Å². The van der Waals surface area contributed by atoms with Crippen LogP contribution < -0.4 is 0 Å². The molecule has 0 aromatic heterocycles. The lowest BCUT2D eigenvalue weighted by atomic mass is 10.1. The molecule has 0 saturated carbocycles. The third-order valence-corrected chi connectivity index (χ3v) is 11.5. The third kappa shape index (κ3) is 54.6. The molecular formula is C63H102O6. The van der Waals surface area contributed by atoms with Gasteiger partial charge in [-0.3, -0.25) is 14.4 Å². The number of carbonyl (C=O) groups is 3. The van der Waals surface area contributed by atoms with E-state index in [2.05, 4.69) is 142 Å². The molecule has 0 aliphatic heterocycles. The van der Waals surface area contributed by atoms with Gasteiger partial charge in [-0.2, -0.15) is 0 Å². The predicted octanol–water partition coefficient (Wildman–Crippen LogP) is 18.9. The Bertz CT molecular complexity index is 1470. The van der Waals surface area contributed by atoms with Crippen molar-refractivity contribution in [2.45, 2.75) is 245 Å². The fourth-order valence-corrected chi connectivity index (χ4v) is 7.32. The Balaban J connectivity index is 4.19. The quantitative estimate of drug-likeness (QED) is 0.0262. The van der Waals surface area contributed by atoms with Crippen LogP contribution in [0.3, 0.4) is 0 Å². The highest BCUT2D eigenvalue weighted by atomic mass is 16.6. The summed E-state index contributed by atoms with van der Waals surface area (Å²) in [6.45, 7) is 6.30. The number of carbonyl (C=O) groups excluding carboxylic acids is 3. The van der Waals surface area contributed by atoms with Crippen molar-refractivity contribution in [2.24, 2.45) is 0 Å². The van der Waals surface area contributed by atoms with Crippen LogP contribution in [-0.2, 0) is 28.6 Å². The third-order valence-electron chi connectivity index (χ3n) is 11.5. The highest BCUT2D eigenvalue weighted by Crippen LogP contribution is 2.14. The summed E-state index contributed by atoms with van der Waals surface area (Å²) in [6.07, 6.45) is 78.0. The van der Waals surface area contributed by atoms with Crippen LogP contribution in [0.5, 0.6) is 0 Å². The van der Waals surface area contributed by atoms with E-state index < -0.39 is 6.10 Å². The van der Waals surface area contributed by atoms with Crippen LogP contribution in [0.15, 0.2) is 122 Å². The monoisotopic (exact) mass is 955 g/mol. The number of allylic oxidation sites excluding steroid dienone is 20. The van der Waals surface area contributed by atoms with Gasteiger partial charge in [0, 0.05) is 19.3 Å². The first-order chi connectivity index (χ1) is 34.0. The van der Waals surface area contributed by atoms with Crippen molar-refractivity contribution < 1.29 is 28.6 Å². The molecule has 0 rings (SSSR count). The van der Waals surface area contributed by atoms with Crippen molar-refractivity contribution in [2.75, 3.05) is 13.2 Å². The van der Waals surface area contributed by atoms with Gasteiger partial charge in [0.2, 0.25) is 0 Å². The first-order valence-corrected chi connectivity index (χ1v) is 28.0. The fourth-order valence-electron chi connectivity index (χ4n) is 7.32. The Labute approximate surface area is 424 Å². The van der Waals surface area contributed by atoms with Gasteiger partial charge in [-0.15, -0.1) is 0 Å². The smallest absolute Gasteiger partial charge is 0.306 e. The van der Waals surface area contributed by atoms with Gasteiger partial charge in [0.15, 0.2) is 6.10 Å². The lowest BCUT2D eigenvalue weighted by Crippen LogP contribution is -2.30. The number of hydrogen-bond acceptors (Lipinski definition) is 6. The van der Waals surface area contributed by atoms with E-state index >= 15 is 0 Å². The summed E-state index contributed by atoms with van der Waals surface area (Å²) in [6, 6.07) is 0. The molecule has 0 heterocycles. The summed E-state index contributed by atoms with van der Waals surface area (Å²) in [4.78, 5) is 37.8. The normalized spacial score (nSPS) is 13.0. The Kier molecular flexibility index (Phi) is 53.0. The minimum atomic E-state index is -0.789. The zero-order valence-corrected chi connectivity index (χ0v) is 44.5. The zero-order valence-electron chi connectivity index (χ0n) is 44.5. The molecule has 0 radical (unpaired) electrons. The number of rotatable bonds is 49. The van der Waals surface area contributed by atoms with Gasteiger partial charge in [-0.05, 0) is 109 Å². The first kappa shape index (κ1) is 64.8. The van der Waals surface area contributed by atoms with Crippen molar-refractivity contribution >= 4 is 17.9 Å². The number of ether oxygens (including phenoxy) is 3. The summed E-state index contributed by atoms with van der Waals surface area (Å²) in [5.41, 5.74) is 0. The van der Waals surface area contributed by atoms with E-state index in [1.54, 1.807) is 0 Å². The van der Waals surface area contributed by atoms with E-state index in [9.17, 15) is 14.4 Å². The van der Waals surface area contributed by atoms with Crippen LogP contribution in [0.2, 0.25) is 0 Å². The molecule has 0 aromatic rings.